The molecule has 0 bridgehead atoms. The fourth-order valence-corrected chi connectivity index (χ4v) is 2.29. The molecule has 0 radical (unpaired) electrons. The Hall–Kier alpha value is -4.01. The Labute approximate surface area is 166 Å². The summed E-state index contributed by atoms with van der Waals surface area (Å²) in [6, 6.07) is 12.6. The molecular weight excluding hydrogens is 378 g/mol. The summed E-state index contributed by atoms with van der Waals surface area (Å²) in [5.74, 6) is -1.26. The number of esters is 1. The second-order valence-corrected chi connectivity index (χ2v) is 5.90. The summed E-state index contributed by atoms with van der Waals surface area (Å²) in [7, 11) is 1.24. The zero-order chi connectivity index (χ0) is 21.2. The maximum Gasteiger partial charge on any atom is 0.325 e. The van der Waals surface area contributed by atoms with Gasteiger partial charge in [0, 0.05) is 23.9 Å². The molecule has 0 aromatic heterocycles. The predicted molar refractivity (Wildman–Crippen MR) is 106 cm³/mol. The summed E-state index contributed by atoms with van der Waals surface area (Å²) in [6.45, 7) is -0.194. The molecular formula is C20H19N3O6. The van der Waals surface area contributed by atoms with Crippen molar-refractivity contribution in [3.63, 3.8) is 0 Å². The summed E-state index contributed by atoms with van der Waals surface area (Å²) in [5, 5.41) is 15.9. The van der Waals surface area contributed by atoms with Crippen molar-refractivity contribution in [3.05, 3.63) is 75.8 Å². The molecule has 0 aliphatic rings. The lowest BCUT2D eigenvalue weighted by atomic mass is 10.1. The van der Waals surface area contributed by atoms with E-state index in [1.807, 2.05) is 0 Å². The van der Waals surface area contributed by atoms with Crippen LogP contribution in [0.1, 0.15) is 11.1 Å². The molecule has 2 rings (SSSR count). The highest BCUT2D eigenvalue weighted by Crippen LogP contribution is 2.14. The number of carbonyl (C=O) groups excluding carboxylic acids is 3. The van der Waals surface area contributed by atoms with Crippen LogP contribution in [-0.2, 0) is 25.5 Å². The fraction of sp³-hybridized carbons (Fsp3) is 0.150. The maximum atomic E-state index is 12.0. The van der Waals surface area contributed by atoms with Crippen LogP contribution in [0, 0.1) is 10.1 Å². The van der Waals surface area contributed by atoms with Gasteiger partial charge in [-0.3, -0.25) is 24.5 Å². The average molecular weight is 397 g/mol. The van der Waals surface area contributed by atoms with Gasteiger partial charge in [0.1, 0.15) is 6.54 Å². The van der Waals surface area contributed by atoms with Crippen LogP contribution in [0.3, 0.4) is 0 Å². The molecule has 2 amide bonds. The zero-order valence-corrected chi connectivity index (χ0v) is 15.6. The normalized spacial score (nSPS) is 10.4. The molecule has 150 valence electrons. The Balaban J connectivity index is 1.88. The quantitative estimate of drug-likeness (QED) is 0.304. The lowest BCUT2D eigenvalue weighted by molar-refractivity contribution is -0.384. The Morgan fingerprint density at radius 1 is 1.14 bits per heavy atom. The molecule has 9 heteroatoms. The van der Waals surface area contributed by atoms with Crippen LogP contribution < -0.4 is 10.6 Å². The van der Waals surface area contributed by atoms with Gasteiger partial charge < -0.3 is 15.4 Å². The molecule has 0 saturated heterocycles. The number of ether oxygens (including phenoxy) is 1. The lowest BCUT2D eigenvalue weighted by Crippen LogP contribution is -2.31. The summed E-state index contributed by atoms with van der Waals surface area (Å²) >= 11 is 0. The Morgan fingerprint density at radius 3 is 2.52 bits per heavy atom. The number of non-ortho nitro benzene ring substituents is 1. The smallest absolute Gasteiger partial charge is 0.325 e. The third-order valence-corrected chi connectivity index (χ3v) is 3.75. The largest absolute Gasteiger partial charge is 0.468 e. The number of nitro benzene ring substituents is 1. The van der Waals surface area contributed by atoms with Gasteiger partial charge in [-0.2, -0.15) is 0 Å². The van der Waals surface area contributed by atoms with E-state index in [1.165, 1.54) is 37.5 Å². The summed E-state index contributed by atoms with van der Waals surface area (Å²) in [6.07, 6.45) is 2.83. The molecule has 0 aliphatic heterocycles. The first-order valence-electron chi connectivity index (χ1n) is 8.53. The highest BCUT2D eigenvalue weighted by atomic mass is 16.6. The van der Waals surface area contributed by atoms with E-state index in [0.717, 1.165) is 0 Å². The van der Waals surface area contributed by atoms with Gasteiger partial charge in [-0.05, 0) is 29.3 Å². The van der Waals surface area contributed by atoms with Gasteiger partial charge in [0.25, 0.3) is 5.69 Å². The third-order valence-electron chi connectivity index (χ3n) is 3.75. The highest BCUT2D eigenvalue weighted by Gasteiger charge is 2.07. The summed E-state index contributed by atoms with van der Waals surface area (Å²) < 4.78 is 4.44. The van der Waals surface area contributed by atoms with Crippen molar-refractivity contribution < 1.29 is 24.0 Å². The van der Waals surface area contributed by atoms with E-state index in [9.17, 15) is 24.5 Å². The van der Waals surface area contributed by atoms with E-state index in [2.05, 4.69) is 15.4 Å². The molecule has 0 spiro atoms. The molecule has 29 heavy (non-hydrogen) atoms. The third kappa shape index (κ3) is 7.25. The lowest BCUT2D eigenvalue weighted by Gasteiger charge is -2.06. The number of carbonyl (C=O) groups is 3. The molecule has 0 aliphatic carbocycles. The number of hydrogen-bond donors (Lipinski definition) is 2. The van der Waals surface area contributed by atoms with Crippen molar-refractivity contribution in [3.8, 4) is 0 Å². The van der Waals surface area contributed by atoms with E-state index >= 15 is 0 Å². The molecule has 2 aromatic carbocycles. The van der Waals surface area contributed by atoms with Crippen molar-refractivity contribution >= 4 is 35.2 Å². The number of rotatable bonds is 8. The fourth-order valence-electron chi connectivity index (χ4n) is 2.29. The van der Waals surface area contributed by atoms with Crippen LogP contribution in [-0.4, -0.2) is 36.4 Å². The first-order chi connectivity index (χ1) is 13.9. The average Bonchev–Trinajstić information content (AvgIpc) is 2.72. The monoisotopic (exact) mass is 397 g/mol. The molecule has 9 nitrogen and oxygen atoms in total. The second-order valence-electron chi connectivity index (χ2n) is 5.90. The number of amides is 2. The first-order valence-corrected chi connectivity index (χ1v) is 8.53. The van der Waals surface area contributed by atoms with Gasteiger partial charge in [0.15, 0.2) is 0 Å². The zero-order valence-electron chi connectivity index (χ0n) is 15.6. The Bertz CT molecular complexity index is 937. The van der Waals surface area contributed by atoms with E-state index in [-0.39, 0.29) is 24.6 Å². The Kier molecular flexibility index (Phi) is 7.60. The van der Waals surface area contributed by atoms with Crippen molar-refractivity contribution in [2.24, 2.45) is 0 Å². The number of methoxy groups -OCH3 is 1. The number of nitrogens with zero attached hydrogens (tertiary/aromatic N) is 1. The number of nitrogens with one attached hydrogen (secondary N) is 2. The van der Waals surface area contributed by atoms with Crippen LogP contribution in [0.15, 0.2) is 54.6 Å². The van der Waals surface area contributed by atoms with E-state index in [1.54, 1.807) is 30.3 Å². The topological polar surface area (TPSA) is 128 Å². The molecule has 2 N–H and O–H groups in total. The van der Waals surface area contributed by atoms with E-state index < -0.39 is 16.8 Å². The molecule has 0 heterocycles. The number of nitro groups is 1. The van der Waals surface area contributed by atoms with Gasteiger partial charge >= 0.3 is 5.97 Å². The van der Waals surface area contributed by atoms with Crippen LogP contribution in [0.5, 0.6) is 0 Å². The number of benzene rings is 2. The van der Waals surface area contributed by atoms with Crippen molar-refractivity contribution in [2.45, 2.75) is 6.42 Å². The molecule has 0 unspecified atom stereocenters. The van der Waals surface area contributed by atoms with Gasteiger partial charge in [0.05, 0.1) is 18.5 Å². The second kappa shape index (κ2) is 10.4. The standard InChI is InChI=1S/C20H19N3O6/c1-29-20(26)13-21-19(25)12-15-5-8-16(9-6-15)22-18(24)10-7-14-3-2-4-17(11-14)23(27)28/h2-11H,12-13H2,1H3,(H,21,25)(H,22,24)/b10-7+. The predicted octanol–water partition coefficient (Wildman–Crippen LogP) is 2.08. The SMILES string of the molecule is COC(=O)CNC(=O)Cc1ccc(NC(=O)/C=C/c2cccc([N+](=O)[O-])c2)cc1. The van der Waals surface area contributed by atoms with Crippen LogP contribution >= 0.6 is 0 Å². The van der Waals surface area contributed by atoms with Crippen LogP contribution in [0.25, 0.3) is 6.08 Å². The van der Waals surface area contributed by atoms with Gasteiger partial charge in [-0.25, -0.2) is 0 Å². The summed E-state index contributed by atoms with van der Waals surface area (Å²) in [4.78, 5) is 45.0. The molecule has 0 fully saturated rings. The number of hydrogen-bond acceptors (Lipinski definition) is 6. The Morgan fingerprint density at radius 2 is 1.86 bits per heavy atom. The molecule has 0 atom stereocenters. The maximum absolute atomic E-state index is 12.0. The highest BCUT2D eigenvalue weighted by molar-refractivity contribution is 6.02. The summed E-state index contributed by atoms with van der Waals surface area (Å²) in [5.41, 5.74) is 1.70. The van der Waals surface area contributed by atoms with Crippen molar-refractivity contribution in [2.75, 3.05) is 19.0 Å². The minimum absolute atomic E-state index is 0.0567. The molecule has 2 aromatic rings. The minimum atomic E-state index is -0.533. The van der Waals surface area contributed by atoms with E-state index in [4.69, 9.17) is 0 Å². The van der Waals surface area contributed by atoms with Gasteiger partial charge in [0.2, 0.25) is 11.8 Å². The van der Waals surface area contributed by atoms with Crippen LogP contribution in [0.4, 0.5) is 11.4 Å². The van der Waals surface area contributed by atoms with Gasteiger partial charge in [-0.1, -0.05) is 24.3 Å². The first kappa shape index (κ1) is 21.3. The van der Waals surface area contributed by atoms with E-state index in [0.29, 0.717) is 16.8 Å². The molecule has 0 saturated carbocycles. The minimum Gasteiger partial charge on any atom is -0.468 e. The number of anilines is 1. The van der Waals surface area contributed by atoms with Gasteiger partial charge in [-0.15, -0.1) is 0 Å². The van der Waals surface area contributed by atoms with Crippen LogP contribution in [0.2, 0.25) is 0 Å². The van der Waals surface area contributed by atoms with Crippen molar-refractivity contribution in [1.29, 1.82) is 0 Å². The van der Waals surface area contributed by atoms with Crippen molar-refractivity contribution in [1.82, 2.24) is 5.32 Å².